The summed E-state index contributed by atoms with van der Waals surface area (Å²) in [6.07, 6.45) is 0.804. The van der Waals surface area contributed by atoms with Crippen LogP contribution in [0.3, 0.4) is 0 Å². The van der Waals surface area contributed by atoms with Crippen molar-refractivity contribution < 1.29 is 28.6 Å². The molecule has 9 nitrogen and oxygen atoms in total. The SMILES string of the molecule is CCOC(=O)C1COC(=O)N1C1CCN(C(=S)NCC(=O)OC)CC1. The summed E-state index contributed by atoms with van der Waals surface area (Å²) in [6.45, 7) is 3.24. The van der Waals surface area contributed by atoms with E-state index in [4.69, 9.17) is 21.7 Å². The number of esters is 2. The van der Waals surface area contributed by atoms with Crippen molar-refractivity contribution >= 4 is 35.4 Å². The van der Waals surface area contributed by atoms with Crippen LogP contribution in [0.2, 0.25) is 0 Å². The Labute approximate surface area is 151 Å². The number of nitrogens with zero attached hydrogens (tertiary/aromatic N) is 2. The number of carbonyl (C=O) groups is 3. The number of thiocarbonyl (C=S) groups is 1. The molecule has 1 amide bonds. The van der Waals surface area contributed by atoms with E-state index in [9.17, 15) is 14.4 Å². The van der Waals surface area contributed by atoms with Crippen LogP contribution in [0.5, 0.6) is 0 Å². The highest BCUT2D eigenvalue weighted by atomic mass is 32.1. The number of ether oxygens (including phenoxy) is 3. The monoisotopic (exact) mass is 373 g/mol. The Morgan fingerprint density at radius 1 is 1.36 bits per heavy atom. The van der Waals surface area contributed by atoms with Crippen LogP contribution >= 0.6 is 12.2 Å². The lowest BCUT2D eigenvalue weighted by Gasteiger charge is -2.38. The Kier molecular flexibility index (Phi) is 6.80. The molecule has 0 aromatic rings. The number of carbonyl (C=O) groups excluding carboxylic acids is 3. The maximum atomic E-state index is 12.0. The van der Waals surface area contributed by atoms with Gasteiger partial charge in [0.2, 0.25) is 0 Å². The lowest BCUT2D eigenvalue weighted by atomic mass is 10.0. The predicted molar refractivity (Wildman–Crippen MR) is 90.8 cm³/mol. The second-order valence-electron chi connectivity index (χ2n) is 5.71. The molecule has 0 bridgehead atoms. The minimum Gasteiger partial charge on any atom is -0.468 e. The van der Waals surface area contributed by atoms with Gasteiger partial charge < -0.3 is 24.4 Å². The van der Waals surface area contributed by atoms with Gasteiger partial charge in [-0.3, -0.25) is 9.69 Å². The largest absolute Gasteiger partial charge is 0.468 e. The Balaban J connectivity index is 1.87. The van der Waals surface area contributed by atoms with Crippen molar-refractivity contribution in [2.24, 2.45) is 0 Å². The van der Waals surface area contributed by atoms with Gasteiger partial charge in [0.25, 0.3) is 0 Å². The quantitative estimate of drug-likeness (QED) is 0.402. The van der Waals surface area contributed by atoms with E-state index in [1.807, 2.05) is 4.90 Å². The summed E-state index contributed by atoms with van der Waals surface area (Å²) in [5.41, 5.74) is 0. The van der Waals surface area contributed by atoms with Crippen molar-refractivity contribution in [2.45, 2.75) is 31.8 Å². The summed E-state index contributed by atoms with van der Waals surface area (Å²) >= 11 is 5.26. The first kappa shape index (κ1) is 19.2. The summed E-state index contributed by atoms with van der Waals surface area (Å²) in [4.78, 5) is 38.6. The number of nitrogens with one attached hydrogen (secondary N) is 1. The predicted octanol–water partition coefficient (Wildman–Crippen LogP) is -0.118. The highest BCUT2D eigenvalue weighted by Crippen LogP contribution is 2.24. The third-order valence-electron chi connectivity index (χ3n) is 4.23. The fourth-order valence-electron chi connectivity index (χ4n) is 2.93. The van der Waals surface area contributed by atoms with Crippen molar-refractivity contribution in [3.05, 3.63) is 0 Å². The Bertz CT molecular complexity index is 535. The molecule has 10 heteroatoms. The standard InChI is InChI=1S/C15H23N3O6S/c1-3-23-13(20)11-9-24-15(21)18(11)10-4-6-17(7-5-10)14(25)16-8-12(19)22-2/h10-11H,3-9H2,1-2H3,(H,16,25). The molecule has 1 N–H and O–H groups in total. The van der Waals surface area contributed by atoms with Gasteiger partial charge in [0.05, 0.1) is 13.7 Å². The maximum Gasteiger partial charge on any atom is 0.410 e. The van der Waals surface area contributed by atoms with Crippen molar-refractivity contribution in [1.82, 2.24) is 15.1 Å². The van der Waals surface area contributed by atoms with Gasteiger partial charge in [0.15, 0.2) is 11.2 Å². The lowest BCUT2D eigenvalue weighted by Crippen LogP contribution is -2.53. The molecule has 2 rings (SSSR count). The van der Waals surface area contributed by atoms with E-state index >= 15 is 0 Å². The van der Waals surface area contributed by atoms with Crippen LogP contribution < -0.4 is 5.32 Å². The number of hydrogen-bond acceptors (Lipinski definition) is 7. The number of cyclic esters (lactones) is 1. The van der Waals surface area contributed by atoms with Crippen molar-refractivity contribution in [3.63, 3.8) is 0 Å². The molecular formula is C15H23N3O6S. The topological polar surface area (TPSA) is 97.4 Å². The van der Waals surface area contributed by atoms with Gasteiger partial charge in [0.1, 0.15) is 13.2 Å². The first-order valence-corrected chi connectivity index (χ1v) is 8.60. The van der Waals surface area contributed by atoms with Gasteiger partial charge in [-0.1, -0.05) is 0 Å². The summed E-state index contributed by atoms with van der Waals surface area (Å²) < 4.78 is 14.6. The summed E-state index contributed by atoms with van der Waals surface area (Å²) in [5, 5.41) is 3.31. The normalized spacial score (nSPS) is 20.9. The number of hydrogen-bond donors (Lipinski definition) is 1. The highest BCUT2D eigenvalue weighted by Gasteiger charge is 2.44. The number of rotatable bonds is 5. The lowest BCUT2D eigenvalue weighted by molar-refractivity contribution is -0.148. The van der Waals surface area contributed by atoms with E-state index in [1.165, 1.54) is 12.0 Å². The Hall–Kier alpha value is -2.10. The van der Waals surface area contributed by atoms with E-state index in [0.29, 0.717) is 31.0 Å². The minimum absolute atomic E-state index is 0.0125. The van der Waals surface area contributed by atoms with Gasteiger partial charge in [-0.15, -0.1) is 0 Å². The summed E-state index contributed by atoms with van der Waals surface area (Å²) in [6, 6.07) is -0.794. The highest BCUT2D eigenvalue weighted by molar-refractivity contribution is 7.80. The van der Waals surface area contributed by atoms with E-state index in [1.54, 1.807) is 6.92 Å². The Morgan fingerprint density at radius 3 is 2.64 bits per heavy atom. The van der Waals surface area contributed by atoms with Gasteiger partial charge in [0, 0.05) is 19.1 Å². The molecular weight excluding hydrogens is 350 g/mol. The molecule has 1 atom stereocenters. The van der Waals surface area contributed by atoms with Crippen molar-refractivity contribution in [2.75, 3.05) is 40.0 Å². The molecule has 2 heterocycles. The van der Waals surface area contributed by atoms with Crippen LogP contribution in [-0.2, 0) is 23.8 Å². The number of likely N-dealkylation sites (tertiary alicyclic amines) is 1. The van der Waals surface area contributed by atoms with Crippen LogP contribution in [0.1, 0.15) is 19.8 Å². The Morgan fingerprint density at radius 2 is 2.04 bits per heavy atom. The van der Waals surface area contributed by atoms with Gasteiger partial charge in [-0.25, -0.2) is 9.59 Å². The fraction of sp³-hybridized carbons (Fsp3) is 0.733. The molecule has 2 saturated heterocycles. The molecule has 0 radical (unpaired) electrons. The molecule has 2 fully saturated rings. The third kappa shape index (κ3) is 4.71. The molecule has 1 unspecified atom stereocenters. The number of piperidine rings is 1. The molecule has 140 valence electrons. The summed E-state index contributed by atoms with van der Waals surface area (Å²) in [7, 11) is 1.31. The molecule has 0 aromatic heterocycles. The van der Waals surface area contributed by atoms with Crippen LogP contribution in [0, 0.1) is 0 Å². The molecule has 25 heavy (non-hydrogen) atoms. The number of amides is 1. The third-order valence-corrected chi connectivity index (χ3v) is 4.63. The van der Waals surface area contributed by atoms with Crippen LogP contribution in [0.25, 0.3) is 0 Å². The second-order valence-corrected chi connectivity index (χ2v) is 6.09. The first-order chi connectivity index (χ1) is 12.0. The van der Waals surface area contributed by atoms with Gasteiger partial charge in [-0.05, 0) is 32.0 Å². The fourth-order valence-corrected chi connectivity index (χ4v) is 3.19. The van der Waals surface area contributed by atoms with E-state index in [0.717, 1.165) is 0 Å². The maximum absolute atomic E-state index is 12.0. The van der Waals surface area contributed by atoms with Crippen LogP contribution in [-0.4, -0.2) is 85.0 Å². The zero-order valence-corrected chi connectivity index (χ0v) is 15.2. The minimum atomic E-state index is -0.687. The second kappa shape index (κ2) is 8.84. The average molecular weight is 373 g/mol. The molecule has 0 aliphatic carbocycles. The zero-order chi connectivity index (χ0) is 18.4. The molecule has 2 aliphatic heterocycles. The molecule has 0 spiro atoms. The summed E-state index contributed by atoms with van der Waals surface area (Å²) in [5.74, 6) is -0.833. The van der Waals surface area contributed by atoms with Crippen LogP contribution in [0.4, 0.5) is 4.79 Å². The van der Waals surface area contributed by atoms with Crippen molar-refractivity contribution in [1.29, 1.82) is 0 Å². The van der Waals surface area contributed by atoms with Gasteiger partial charge >= 0.3 is 18.0 Å². The van der Waals surface area contributed by atoms with Crippen LogP contribution in [0.15, 0.2) is 0 Å². The van der Waals surface area contributed by atoms with E-state index < -0.39 is 24.1 Å². The zero-order valence-electron chi connectivity index (χ0n) is 14.4. The van der Waals surface area contributed by atoms with Gasteiger partial charge in [-0.2, -0.15) is 0 Å². The average Bonchev–Trinajstić information content (AvgIpc) is 3.01. The van der Waals surface area contributed by atoms with Crippen molar-refractivity contribution in [3.8, 4) is 0 Å². The first-order valence-electron chi connectivity index (χ1n) is 8.19. The number of methoxy groups -OCH3 is 1. The van der Waals surface area contributed by atoms with E-state index in [2.05, 4.69) is 10.1 Å². The van der Waals surface area contributed by atoms with E-state index in [-0.39, 0.29) is 25.8 Å². The molecule has 2 aliphatic rings. The smallest absolute Gasteiger partial charge is 0.410 e. The molecule has 0 saturated carbocycles. The molecule has 0 aromatic carbocycles.